The minimum absolute atomic E-state index is 0. The second-order valence-electron chi connectivity index (χ2n) is 6.09. The average molecular weight is 425 g/mol. The van der Waals surface area contributed by atoms with Gasteiger partial charge in [-0.3, -0.25) is 4.79 Å². The molecule has 0 aromatic rings. The normalized spacial score (nSPS) is 10.3. The summed E-state index contributed by atoms with van der Waals surface area (Å²) in [6.07, 6.45) is 20.2. The second kappa shape index (κ2) is 20.8. The number of rotatable bonds is 16. The fourth-order valence-electron chi connectivity index (χ4n) is 2.65. The van der Waals surface area contributed by atoms with E-state index in [9.17, 15) is 4.79 Å². The van der Waals surface area contributed by atoms with E-state index in [1.807, 2.05) is 0 Å². The van der Waals surface area contributed by atoms with Crippen LogP contribution in [0.2, 0.25) is 0 Å². The molecule has 0 atom stereocenters. The van der Waals surface area contributed by atoms with Crippen LogP contribution >= 0.6 is 0 Å². The Morgan fingerprint density at radius 3 is 1.19 bits per heavy atom. The largest absolute Gasteiger partial charge is 0.481 e. The Morgan fingerprint density at radius 2 is 0.905 bits per heavy atom. The number of carbonyl (C=O) groups is 1. The molecule has 1 radical (unpaired) electrons. The van der Waals surface area contributed by atoms with Gasteiger partial charge < -0.3 is 5.11 Å². The number of carboxylic acids is 1. The maximum atomic E-state index is 10.3. The molecule has 3 heteroatoms. The third kappa shape index (κ3) is 23.2. The molecule has 0 aliphatic carbocycles. The Balaban J connectivity index is 0. The van der Waals surface area contributed by atoms with Gasteiger partial charge in [-0.1, -0.05) is 96.8 Å². The quantitative estimate of drug-likeness (QED) is 0.293. The number of hydrogen-bond donors (Lipinski definition) is 1. The van der Waals surface area contributed by atoms with E-state index in [0.29, 0.717) is 6.42 Å². The van der Waals surface area contributed by atoms with Crippen molar-refractivity contribution in [1.29, 1.82) is 0 Å². The zero-order chi connectivity index (χ0) is 14.9. The third-order valence-corrected chi connectivity index (χ3v) is 3.99. The number of hydrogen-bond acceptors (Lipinski definition) is 1. The number of carboxylic acid groups (broad SMARTS) is 1. The van der Waals surface area contributed by atoms with Crippen molar-refractivity contribution in [1.82, 2.24) is 0 Å². The van der Waals surface area contributed by atoms with E-state index in [1.165, 1.54) is 83.5 Å². The topological polar surface area (TPSA) is 37.3 Å². The Hall–Kier alpha value is 0.834. The first kappa shape index (κ1) is 24.1. The van der Waals surface area contributed by atoms with Gasteiger partial charge in [-0.25, -0.2) is 0 Å². The molecule has 0 rings (SSSR count). The molecule has 21 heavy (non-hydrogen) atoms. The summed E-state index contributed by atoms with van der Waals surface area (Å²) in [4.78, 5) is 10.3. The fourth-order valence-corrected chi connectivity index (χ4v) is 2.65. The zero-order valence-electron chi connectivity index (χ0n) is 14.2. The molecule has 2 nitrogen and oxygen atoms in total. The van der Waals surface area contributed by atoms with E-state index in [2.05, 4.69) is 6.92 Å². The van der Waals surface area contributed by atoms with Crippen LogP contribution in [0.25, 0.3) is 0 Å². The first-order valence-electron chi connectivity index (χ1n) is 8.99. The standard InChI is InChI=1S/C18H36O2.Pr/c1-2-3-4-5-6-7-8-9-10-11-12-13-14-15-16-17-18(19)20;/h2-17H2,1H3,(H,19,20);. The van der Waals surface area contributed by atoms with Gasteiger partial charge in [0.1, 0.15) is 0 Å². The van der Waals surface area contributed by atoms with Crippen molar-refractivity contribution >= 4 is 5.97 Å². The summed E-state index contributed by atoms with van der Waals surface area (Å²) in [6, 6.07) is 0. The fraction of sp³-hybridized carbons (Fsp3) is 0.944. The van der Waals surface area contributed by atoms with Gasteiger partial charge in [0, 0.05) is 47.7 Å². The summed E-state index contributed by atoms with van der Waals surface area (Å²) in [5, 5.41) is 8.52. The van der Waals surface area contributed by atoms with Gasteiger partial charge in [0.05, 0.1) is 0 Å². The van der Waals surface area contributed by atoms with Crippen LogP contribution in [-0.2, 0) is 4.79 Å². The average Bonchev–Trinajstić information content (AvgIpc) is 2.43. The van der Waals surface area contributed by atoms with Crippen molar-refractivity contribution in [3.63, 3.8) is 0 Å². The van der Waals surface area contributed by atoms with Crippen molar-refractivity contribution in [2.75, 3.05) is 0 Å². The third-order valence-electron chi connectivity index (χ3n) is 3.99. The molecule has 0 aliphatic rings. The van der Waals surface area contributed by atoms with Crippen molar-refractivity contribution in [3.05, 3.63) is 0 Å². The number of aliphatic carboxylic acids is 1. The van der Waals surface area contributed by atoms with Crippen LogP contribution in [0.15, 0.2) is 0 Å². The summed E-state index contributed by atoms with van der Waals surface area (Å²) < 4.78 is 0. The first-order chi connectivity index (χ1) is 9.77. The van der Waals surface area contributed by atoms with Crippen molar-refractivity contribution in [2.24, 2.45) is 0 Å². The van der Waals surface area contributed by atoms with Crippen LogP contribution in [0, 0.1) is 41.3 Å². The molecule has 0 aliphatic heterocycles. The van der Waals surface area contributed by atoms with Gasteiger partial charge in [-0.15, -0.1) is 0 Å². The van der Waals surface area contributed by atoms with Crippen LogP contribution in [0.3, 0.4) is 0 Å². The minimum atomic E-state index is -0.653. The molecule has 0 aromatic carbocycles. The van der Waals surface area contributed by atoms with Crippen molar-refractivity contribution in [3.8, 4) is 0 Å². The summed E-state index contributed by atoms with van der Waals surface area (Å²) in [5.41, 5.74) is 0. The Morgan fingerprint density at radius 1 is 0.619 bits per heavy atom. The summed E-state index contributed by atoms with van der Waals surface area (Å²) >= 11 is 0. The Bertz CT molecular complexity index is 207. The van der Waals surface area contributed by atoms with Gasteiger partial charge in [0.25, 0.3) is 0 Å². The number of unbranched alkanes of at least 4 members (excludes halogenated alkanes) is 14. The molecule has 0 bridgehead atoms. The minimum Gasteiger partial charge on any atom is -0.481 e. The van der Waals surface area contributed by atoms with Crippen LogP contribution in [0.5, 0.6) is 0 Å². The van der Waals surface area contributed by atoms with E-state index in [4.69, 9.17) is 5.11 Å². The maximum Gasteiger partial charge on any atom is 0.303 e. The first-order valence-corrected chi connectivity index (χ1v) is 8.99. The van der Waals surface area contributed by atoms with E-state index in [-0.39, 0.29) is 41.3 Å². The van der Waals surface area contributed by atoms with Crippen molar-refractivity contribution < 1.29 is 51.2 Å². The summed E-state index contributed by atoms with van der Waals surface area (Å²) in [7, 11) is 0. The molecule has 123 valence electrons. The molecule has 0 saturated heterocycles. The predicted molar refractivity (Wildman–Crippen MR) is 87.2 cm³/mol. The summed E-state index contributed by atoms with van der Waals surface area (Å²) in [6.45, 7) is 2.27. The van der Waals surface area contributed by atoms with Crippen LogP contribution in [0.4, 0.5) is 0 Å². The monoisotopic (exact) mass is 425 g/mol. The molecule has 0 heterocycles. The van der Waals surface area contributed by atoms with E-state index in [0.717, 1.165) is 12.8 Å². The van der Waals surface area contributed by atoms with E-state index >= 15 is 0 Å². The molecule has 0 amide bonds. The van der Waals surface area contributed by atoms with Crippen LogP contribution in [-0.4, -0.2) is 11.1 Å². The maximum absolute atomic E-state index is 10.3. The smallest absolute Gasteiger partial charge is 0.303 e. The Labute approximate surface area is 165 Å². The van der Waals surface area contributed by atoms with Gasteiger partial charge in [0.2, 0.25) is 0 Å². The predicted octanol–water partition coefficient (Wildman–Crippen LogP) is 6.33. The molecular weight excluding hydrogens is 389 g/mol. The molecule has 0 saturated carbocycles. The van der Waals surface area contributed by atoms with Crippen LogP contribution in [0.1, 0.15) is 110 Å². The summed E-state index contributed by atoms with van der Waals surface area (Å²) in [5.74, 6) is -0.653. The van der Waals surface area contributed by atoms with Crippen molar-refractivity contribution in [2.45, 2.75) is 110 Å². The van der Waals surface area contributed by atoms with Gasteiger partial charge in [-0.2, -0.15) is 0 Å². The molecule has 0 aromatic heterocycles. The molecular formula is C18H36O2Pr. The SMILES string of the molecule is CCCCCCCCCCCCCCCCCC(=O)O.[Pr]. The Kier molecular flexibility index (Phi) is 23.9. The molecule has 0 unspecified atom stereocenters. The van der Waals surface area contributed by atoms with E-state index in [1.54, 1.807) is 0 Å². The molecule has 0 spiro atoms. The van der Waals surface area contributed by atoms with E-state index < -0.39 is 5.97 Å². The molecule has 1 N–H and O–H groups in total. The second-order valence-corrected chi connectivity index (χ2v) is 6.09. The van der Waals surface area contributed by atoms with Gasteiger partial charge in [0.15, 0.2) is 0 Å². The van der Waals surface area contributed by atoms with Gasteiger partial charge >= 0.3 is 5.97 Å². The van der Waals surface area contributed by atoms with Crippen LogP contribution < -0.4 is 0 Å². The van der Waals surface area contributed by atoms with Gasteiger partial charge in [-0.05, 0) is 6.42 Å². The molecule has 0 fully saturated rings. The zero-order valence-corrected chi connectivity index (χ0v) is 18.0.